The monoisotopic (exact) mass is 372 g/mol. The molecule has 0 bridgehead atoms. The van der Waals surface area contributed by atoms with Crippen LogP contribution in [0.25, 0.3) is 0 Å². The first kappa shape index (κ1) is 23.6. The SMILES string of the molecule is CC(=O)OC/C=C/C(O)C(/C=C/COC(C)=O)O[Si](C)(C)C(C)(C)C. The van der Waals surface area contributed by atoms with Crippen molar-refractivity contribution in [2.45, 2.75) is 65.0 Å². The molecule has 0 saturated carbocycles. The van der Waals surface area contributed by atoms with Gasteiger partial charge in [-0.25, -0.2) is 0 Å². The molecule has 2 unspecified atom stereocenters. The highest BCUT2D eigenvalue weighted by molar-refractivity contribution is 6.74. The first-order valence-corrected chi connectivity index (χ1v) is 11.2. The molecule has 0 fully saturated rings. The zero-order valence-corrected chi connectivity index (χ0v) is 17.4. The van der Waals surface area contributed by atoms with E-state index in [1.807, 2.05) is 0 Å². The second kappa shape index (κ2) is 10.5. The van der Waals surface area contributed by atoms with Crippen molar-refractivity contribution in [1.82, 2.24) is 0 Å². The lowest BCUT2D eigenvalue weighted by Crippen LogP contribution is -2.46. The van der Waals surface area contributed by atoms with Gasteiger partial charge in [0.25, 0.3) is 0 Å². The molecule has 0 aliphatic carbocycles. The minimum Gasteiger partial charge on any atom is -0.462 e. The van der Waals surface area contributed by atoms with Crippen LogP contribution in [0.2, 0.25) is 18.1 Å². The Balaban J connectivity index is 5.04. The van der Waals surface area contributed by atoms with Gasteiger partial charge in [0, 0.05) is 13.8 Å². The van der Waals surface area contributed by atoms with Crippen LogP contribution in [-0.2, 0) is 23.5 Å². The maximum absolute atomic E-state index is 10.8. The van der Waals surface area contributed by atoms with Gasteiger partial charge in [-0.1, -0.05) is 32.9 Å². The zero-order valence-electron chi connectivity index (χ0n) is 16.4. The lowest BCUT2D eigenvalue weighted by Gasteiger charge is -2.39. The molecule has 0 spiro atoms. The maximum Gasteiger partial charge on any atom is 0.302 e. The Hall–Kier alpha value is -1.44. The molecule has 2 atom stereocenters. The minimum absolute atomic E-state index is 0.0177. The van der Waals surface area contributed by atoms with Crippen LogP contribution >= 0.6 is 0 Å². The number of rotatable bonds is 9. The summed E-state index contributed by atoms with van der Waals surface area (Å²) >= 11 is 0. The number of hydrogen-bond donors (Lipinski definition) is 1. The Morgan fingerprint density at radius 2 is 1.44 bits per heavy atom. The Morgan fingerprint density at radius 1 is 1.00 bits per heavy atom. The second-order valence-corrected chi connectivity index (χ2v) is 12.1. The number of esters is 2. The summed E-state index contributed by atoms with van der Waals surface area (Å²) in [7, 11) is -2.12. The summed E-state index contributed by atoms with van der Waals surface area (Å²) in [6.45, 7) is 13.4. The van der Waals surface area contributed by atoms with Crippen LogP contribution in [-0.4, -0.2) is 50.8 Å². The molecule has 1 N–H and O–H groups in total. The molecule has 0 amide bonds. The van der Waals surface area contributed by atoms with Gasteiger partial charge in [-0.3, -0.25) is 9.59 Å². The predicted molar refractivity (Wildman–Crippen MR) is 99.6 cm³/mol. The summed E-state index contributed by atoms with van der Waals surface area (Å²) in [5.74, 6) is -0.747. The fraction of sp³-hybridized carbons (Fsp3) is 0.667. The van der Waals surface area contributed by atoms with Gasteiger partial charge in [0.2, 0.25) is 0 Å². The normalized spacial score (nSPS) is 15.4. The molecule has 0 aliphatic rings. The van der Waals surface area contributed by atoms with Gasteiger partial charge in [-0.2, -0.15) is 0 Å². The molecule has 0 saturated heterocycles. The highest BCUT2D eigenvalue weighted by atomic mass is 28.4. The van der Waals surface area contributed by atoms with Crippen LogP contribution in [0.15, 0.2) is 24.3 Å². The van der Waals surface area contributed by atoms with E-state index in [4.69, 9.17) is 13.9 Å². The fourth-order valence-corrected chi connectivity index (χ4v) is 2.82. The van der Waals surface area contributed by atoms with E-state index in [9.17, 15) is 14.7 Å². The van der Waals surface area contributed by atoms with E-state index in [0.29, 0.717) is 0 Å². The summed E-state index contributed by atoms with van der Waals surface area (Å²) < 4.78 is 15.9. The summed E-state index contributed by atoms with van der Waals surface area (Å²) in [4.78, 5) is 21.6. The van der Waals surface area contributed by atoms with E-state index in [0.717, 1.165) is 0 Å². The van der Waals surface area contributed by atoms with Crippen LogP contribution < -0.4 is 0 Å². The number of ether oxygens (including phenoxy) is 2. The van der Waals surface area contributed by atoms with Crippen LogP contribution in [0.4, 0.5) is 0 Å². The van der Waals surface area contributed by atoms with E-state index in [-0.39, 0.29) is 30.2 Å². The largest absolute Gasteiger partial charge is 0.462 e. The Labute approximate surface area is 152 Å². The van der Waals surface area contributed by atoms with Gasteiger partial charge in [0.05, 0.1) is 6.10 Å². The molecule has 0 heterocycles. The van der Waals surface area contributed by atoms with E-state index in [2.05, 4.69) is 33.9 Å². The highest BCUT2D eigenvalue weighted by Crippen LogP contribution is 2.37. The van der Waals surface area contributed by atoms with E-state index in [1.165, 1.54) is 19.9 Å². The molecule has 7 heteroatoms. The quantitative estimate of drug-likeness (QED) is 0.381. The van der Waals surface area contributed by atoms with Gasteiger partial charge in [0.15, 0.2) is 8.32 Å². The topological polar surface area (TPSA) is 82.1 Å². The fourth-order valence-electron chi connectivity index (χ4n) is 1.56. The molecular weight excluding hydrogens is 340 g/mol. The van der Waals surface area contributed by atoms with Crippen molar-refractivity contribution in [2.75, 3.05) is 13.2 Å². The third-order valence-corrected chi connectivity index (χ3v) is 8.47. The molecule has 6 nitrogen and oxygen atoms in total. The number of carbonyl (C=O) groups excluding carboxylic acids is 2. The number of aliphatic hydroxyl groups is 1. The lowest BCUT2D eigenvalue weighted by molar-refractivity contribution is -0.140. The molecule has 0 radical (unpaired) electrons. The Kier molecular flexibility index (Phi) is 9.92. The summed E-state index contributed by atoms with van der Waals surface area (Å²) in [6, 6.07) is 0. The van der Waals surface area contributed by atoms with E-state index >= 15 is 0 Å². The number of aliphatic hydroxyl groups excluding tert-OH is 1. The van der Waals surface area contributed by atoms with Crippen molar-refractivity contribution < 1.29 is 28.6 Å². The van der Waals surface area contributed by atoms with Crippen LogP contribution in [0.5, 0.6) is 0 Å². The number of hydrogen-bond acceptors (Lipinski definition) is 6. The first-order chi connectivity index (χ1) is 11.4. The standard InChI is InChI=1S/C18H32O6Si/c1-14(19)22-12-8-10-16(21)17(11-9-13-23-15(2)20)24-25(6,7)18(3,4)5/h8-11,16-17,21H,12-13H2,1-7H3/b10-8+,11-9+. The van der Waals surface area contributed by atoms with E-state index < -0.39 is 20.5 Å². The first-order valence-electron chi connectivity index (χ1n) is 8.33. The third-order valence-electron chi connectivity index (χ3n) is 4.00. The maximum atomic E-state index is 10.8. The lowest BCUT2D eigenvalue weighted by atomic mass is 10.2. The van der Waals surface area contributed by atoms with Crippen molar-refractivity contribution in [3.8, 4) is 0 Å². The molecule has 25 heavy (non-hydrogen) atoms. The summed E-state index contributed by atoms with van der Waals surface area (Å²) in [6.07, 6.45) is 4.99. The Morgan fingerprint density at radius 3 is 1.84 bits per heavy atom. The average molecular weight is 373 g/mol. The van der Waals surface area contributed by atoms with Gasteiger partial charge in [0.1, 0.15) is 19.3 Å². The molecule has 0 aromatic heterocycles. The minimum atomic E-state index is -2.12. The molecule has 144 valence electrons. The van der Waals surface area contributed by atoms with Crippen LogP contribution in [0.3, 0.4) is 0 Å². The summed E-state index contributed by atoms with van der Waals surface area (Å²) in [5.41, 5.74) is 0. The van der Waals surface area contributed by atoms with Gasteiger partial charge < -0.3 is 19.0 Å². The van der Waals surface area contributed by atoms with Gasteiger partial charge >= 0.3 is 11.9 Å². The number of carbonyl (C=O) groups is 2. The smallest absolute Gasteiger partial charge is 0.302 e. The Bertz CT molecular complexity index is 490. The average Bonchev–Trinajstić information content (AvgIpc) is 2.44. The van der Waals surface area contributed by atoms with Crippen LogP contribution in [0, 0.1) is 0 Å². The molecule has 0 aromatic rings. The summed E-state index contributed by atoms with van der Waals surface area (Å²) in [5, 5.41) is 10.4. The molecule has 0 aliphatic heterocycles. The molecular formula is C18H32O6Si. The van der Waals surface area contributed by atoms with Gasteiger partial charge in [-0.15, -0.1) is 0 Å². The van der Waals surface area contributed by atoms with Crippen LogP contribution in [0.1, 0.15) is 34.6 Å². The van der Waals surface area contributed by atoms with Crippen molar-refractivity contribution >= 4 is 20.3 Å². The predicted octanol–water partition coefficient (Wildman–Crippen LogP) is 2.98. The zero-order chi connectivity index (χ0) is 19.7. The van der Waals surface area contributed by atoms with Crippen molar-refractivity contribution in [2.24, 2.45) is 0 Å². The highest BCUT2D eigenvalue weighted by Gasteiger charge is 2.39. The third kappa shape index (κ3) is 10.2. The molecule has 0 aromatic carbocycles. The van der Waals surface area contributed by atoms with Crippen molar-refractivity contribution in [1.29, 1.82) is 0 Å². The van der Waals surface area contributed by atoms with Crippen molar-refractivity contribution in [3.05, 3.63) is 24.3 Å². The second-order valence-electron chi connectivity index (χ2n) is 7.29. The van der Waals surface area contributed by atoms with Gasteiger partial charge in [-0.05, 0) is 30.3 Å². The van der Waals surface area contributed by atoms with E-state index in [1.54, 1.807) is 18.2 Å². The molecule has 0 rings (SSSR count). The van der Waals surface area contributed by atoms with Crippen molar-refractivity contribution in [3.63, 3.8) is 0 Å².